The van der Waals surface area contributed by atoms with Crippen molar-refractivity contribution >= 4 is 15.9 Å². The third-order valence-electron chi connectivity index (χ3n) is 1.71. The molecule has 14 heavy (non-hydrogen) atoms. The van der Waals surface area contributed by atoms with Crippen molar-refractivity contribution in [3.05, 3.63) is 15.9 Å². The molecule has 0 aliphatic heterocycles. The summed E-state index contributed by atoms with van der Waals surface area (Å²) in [6.07, 6.45) is -4.47. The van der Waals surface area contributed by atoms with E-state index in [1.807, 2.05) is 0 Å². The monoisotopic (exact) mass is 272 g/mol. The summed E-state index contributed by atoms with van der Waals surface area (Å²) in [7, 11) is 0. The number of halogens is 4. The number of aliphatic hydroxyl groups is 1. The summed E-state index contributed by atoms with van der Waals surface area (Å²) >= 11 is 2.82. The molecule has 0 bridgehead atoms. The summed E-state index contributed by atoms with van der Waals surface area (Å²) in [5.41, 5.74) is -0.602. The number of aromatic nitrogens is 2. The summed E-state index contributed by atoms with van der Waals surface area (Å²) < 4.78 is 38.0. The highest BCUT2D eigenvalue weighted by atomic mass is 79.9. The van der Waals surface area contributed by atoms with Crippen LogP contribution < -0.4 is 0 Å². The maximum atomic E-state index is 12.3. The van der Waals surface area contributed by atoms with Crippen molar-refractivity contribution in [1.29, 1.82) is 0 Å². The average molecular weight is 273 g/mol. The lowest BCUT2D eigenvalue weighted by Gasteiger charge is -2.01. The zero-order valence-corrected chi connectivity index (χ0v) is 8.85. The van der Waals surface area contributed by atoms with E-state index in [2.05, 4.69) is 21.0 Å². The van der Waals surface area contributed by atoms with E-state index in [0.29, 0.717) is 5.69 Å². The minimum atomic E-state index is -4.47. The second-order valence-corrected chi connectivity index (χ2v) is 3.49. The zero-order chi connectivity index (χ0) is 10.9. The SMILES string of the molecule is Cc1c(Br)c(C(F)(F)F)nn1CCO. The molecule has 1 aromatic heterocycles. The first kappa shape index (κ1) is 11.5. The van der Waals surface area contributed by atoms with Gasteiger partial charge in [0.05, 0.1) is 23.3 Å². The van der Waals surface area contributed by atoms with Gasteiger partial charge < -0.3 is 5.11 Å². The molecule has 0 radical (unpaired) electrons. The smallest absolute Gasteiger partial charge is 0.394 e. The molecule has 0 aliphatic carbocycles. The molecule has 1 N–H and O–H groups in total. The van der Waals surface area contributed by atoms with Crippen molar-refractivity contribution in [1.82, 2.24) is 9.78 Å². The zero-order valence-electron chi connectivity index (χ0n) is 7.27. The van der Waals surface area contributed by atoms with Crippen LogP contribution in [0, 0.1) is 6.92 Å². The first-order chi connectivity index (χ1) is 6.38. The summed E-state index contributed by atoms with van der Waals surface area (Å²) in [5, 5.41) is 11.9. The lowest BCUT2D eigenvalue weighted by atomic mass is 10.3. The lowest BCUT2D eigenvalue weighted by Crippen LogP contribution is -2.10. The third kappa shape index (κ3) is 2.09. The predicted molar refractivity (Wildman–Crippen MR) is 46.8 cm³/mol. The van der Waals surface area contributed by atoms with E-state index in [0.717, 1.165) is 4.68 Å². The Kier molecular flexibility index (Phi) is 3.20. The van der Waals surface area contributed by atoms with Gasteiger partial charge in [-0.15, -0.1) is 0 Å². The average Bonchev–Trinajstić information content (AvgIpc) is 2.32. The molecule has 1 heterocycles. The van der Waals surface area contributed by atoms with E-state index in [-0.39, 0.29) is 17.6 Å². The van der Waals surface area contributed by atoms with Crippen molar-refractivity contribution in [3.8, 4) is 0 Å². The number of hydrogen-bond acceptors (Lipinski definition) is 2. The fourth-order valence-corrected chi connectivity index (χ4v) is 1.53. The molecule has 1 rings (SSSR count). The number of hydrogen-bond donors (Lipinski definition) is 1. The van der Waals surface area contributed by atoms with Crippen LogP contribution in [0.3, 0.4) is 0 Å². The minimum Gasteiger partial charge on any atom is -0.394 e. The van der Waals surface area contributed by atoms with E-state index in [1.165, 1.54) is 6.92 Å². The topological polar surface area (TPSA) is 38.0 Å². The lowest BCUT2D eigenvalue weighted by molar-refractivity contribution is -0.142. The fourth-order valence-electron chi connectivity index (χ4n) is 1.02. The van der Waals surface area contributed by atoms with Gasteiger partial charge in [0.15, 0.2) is 5.69 Å². The van der Waals surface area contributed by atoms with Crippen LogP contribution in [0.25, 0.3) is 0 Å². The van der Waals surface area contributed by atoms with E-state index in [9.17, 15) is 13.2 Å². The molecule has 0 fully saturated rings. The van der Waals surface area contributed by atoms with Crippen LogP contribution in [0.15, 0.2) is 4.47 Å². The van der Waals surface area contributed by atoms with Crippen LogP contribution in [-0.2, 0) is 12.7 Å². The molecule has 7 heteroatoms. The Labute approximate surface area is 86.7 Å². The highest BCUT2D eigenvalue weighted by molar-refractivity contribution is 9.10. The summed E-state index contributed by atoms with van der Waals surface area (Å²) in [5.74, 6) is 0. The maximum Gasteiger partial charge on any atom is 0.436 e. The number of aliphatic hydroxyl groups excluding tert-OH is 1. The van der Waals surface area contributed by atoms with Crippen molar-refractivity contribution in [2.45, 2.75) is 19.6 Å². The van der Waals surface area contributed by atoms with E-state index in [4.69, 9.17) is 5.11 Å². The second kappa shape index (κ2) is 3.90. The van der Waals surface area contributed by atoms with Crippen LogP contribution in [-0.4, -0.2) is 21.5 Å². The quantitative estimate of drug-likeness (QED) is 0.894. The first-order valence-electron chi connectivity index (χ1n) is 3.79. The van der Waals surface area contributed by atoms with Crippen molar-refractivity contribution < 1.29 is 18.3 Å². The molecule has 0 saturated carbocycles. The molecule has 0 spiro atoms. The van der Waals surface area contributed by atoms with Gasteiger partial charge in [0, 0.05) is 0 Å². The Morgan fingerprint density at radius 2 is 2.07 bits per heavy atom. The van der Waals surface area contributed by atoms with Crippen LogP contribution in [0.5, 0.6) is 0 Å². The first-order valence-corrected chi connectivity index (χ1v) is 4.58. The highest BCUT2D eigenvalue weighted by Gasteiger charge is 2.37. The Balaban J connectivity index is 3.15. The highest BCUT2D eigenvalue weighted by Crippen LogP contribution is 2.35. The number of nitrogens with zero attached hydrogens (tertiary/aromatic N) is 2. The van der Waals surface area contributed by atoms with Gasteiger partial charge in [-0.05, 0) is 22.9 Å². The van der Waals surface area contributed by atoms with E-state index in [1.54, 1.807) is 0 Å². The van der Waals surface area contributed by atoms with Crippen LogP contribution >= 0.6 is 15.9 Å². The molecular formula is C7H8BrF3N2O. The van der Waals surface area contributed by atoms with E-state index >= 15 is 0 Å². The fraction of sp³-hybridized carbons (Fsp3) is 0.571. The molecular weight excluding hydrogens is 265 g/mol. The van der Waals surface area contributed by atoms with Crippen molar-refractivity contribution in [3.63, 3.8) is 0 Å². The molecule has 80 valence electrons. The summed E-state index contributed by atoms with van der Waals surface area (Å²) in [4.78, 5) is 0. The maximum absolute atomic E-state index is 12.3. The second-order valence-electron chi connectivity index (χ2n) is 2.69. The van der Waals surface area contributed by atoms with Gasteiger partial charge in [-0.2, -0.15) is 18.3 Å². The molecule has 3 nitrogen and oxygen atoms in total. The van der Waals surface area contributed by atoms with Gasteiger partial charge >= 0.3 is 6.18 Å². The van der Waals surface area contributed by atoms with Crippen LogP contribution in [0.1, 0.15) is 11.4 Å². The van der Waals surface area contributed by atoms with Crippen LogP contribution in [0.4, 0.5) is 13.2 Å². The molecule has 0 atom stereocenters. The standard InChI is InChI=1S/C7H8BrF3N2O/c1-4-5(8)6(7(9,10)11)12-13(4)2-3-14/h14H,2-3H2,1H3. The van der Waals surface area contributed by atoms with Gasteiger partial charge in [0.2, 0.25) is 0 Å². The van der Waals surface area contributed by atoms with Gasteiger partial charge in [-0.1, -0.05) is 0 Å². The molecule has 0 amide bonds. The van der Waals surface area contributed by atoms with Gasteiger partial charge in [-0.25, -0.2) is 0 Å². The Morgan fingerprint density at radius 1 is 1.50 bits per heavy atom. The van der Waals surface area contributed by atoms with Gasteiger partial charge in [0.25, 0.3) is 0 Å². The van der Waals surface area contributed by atoms with Crippen molar-refractivity contribution in [2.75, 3.05) is 6.61 Å². The van der Waals surface area contributed by atoms with Gasteiger partial charge in [0.1, 0.15) is 0 Å². The molecule has 0 saturated heterocycles. The summed E-state index contributed by atoms with van der Waals surface area (Å²) in [6, 6.07) is 0. The summed E-state index contributed by atoms with van der Waals surface area (Å²) in [6.45, 7) is 1.31. The molecule has 0 aliphatic rings. The minimum absolute atomic E-state index is 0.0561. The molecule has 0 unspecified atom stereocenters. The largest absolute Gasteiger partial charge is 0.436 e. The Hall–Kier alpha value is -0.560. The van der Waals surface area contributed by atoms with Gasteiger partial charge in [-0.3, -0.25) is 4.68 Å². The number of rotatable bonds is 2. The Morgan fingerprint density at radius 3 is 2.43 bits per heavy atom. The Bertz CT molecular complexity index is 334. The third-order valence-corrected chi connectivity index (χ3v) is 2.66. The molecule has 1 aromatic rings. The van der Waals surface area contributed by atoms with Crippen molar-refractivity contribution in [2.24, 2.45) is 0 Å². The normalized spacial score (nSPS) is 12.1. The number of alkyl halides is 3. The van der Waals surface area contributed by atoms with Crippen LogP contribution in [0.2, 0.25) is 0 Å². The molecule has 0 aromatic carbocycles. The van der Waals surface area contributed by atoms with E-state index < -0.39 is 11.9 Å². The predicted octanol–water partition coefficient (Wildman–Crippen LogP) is 1.97.